The summed E-state index contributed by atoms with van der Waals surface area (Å²) in [5.74, 6) is 2.98. The zero-order chi connectivity index (χ0) is 19.1. The molecule has 2 fully saturated rings. The quantitative estimate of drug-likeness (QED) is 0.752. The Hall–Kier alpha value is -1.03. The van der Waals surface area contributed by atoms with E-state index in [-0.39, 0.29) is 11.0 Å². The summed E-state index contributed by atoms with van der Waals surface area (Å²) in [5, 5.41) is 3.72. The zero-order valence-corrected chi connectivity index (χ0v) is 17.7. The van der Waals surface area contributed by atoms with Gasteiger partial charge in [-0.1, -0.05) is 24.3 Å². The fourth-order valence-electron chi connectivity index (χ4n) is 5.41. The minimum Gasteiger partial charge on any atom is -0.488 e. The lowest BCUT2D eigenvalue weighted by atomic mass is 9.64. The zero-order valence-electron chi connectivity index (χ0n) is 16.9. The third-order valence-corrected chi connectivity index (χ3v) is 6.72. The van der Waals surface area contributed by atoms with Crippen molar-refractivity contribution in [2.24, 2.45) is 11.3 Å². The molecule has 3 unspecified atom stereocenters. The van der Waals surface area contributed by atoms with Crippen LogP contribution < -0.4 is 5.32 Å². The molecule has 2 aliphatic heterocycles. The third-order valence-electron chi connectivity index (χ3n) is 6.46. The lowest BCUT2D eigenvalue weighted by Gasteiger charge is -2.43. The molecule has 3 nitrogen and oxygen atoms in total. The molecule has 3 aliphatic rings. The van der Waals surface area contributed by atoms with E-state index in [9.17, 15) is 0 Å². The third kappa shape index (κ3) is 3.66. The predicted molar refractivity (Wildman–Crippen MR) is 113 cm³/mol. The van der Waals surface area contributed by atoms with Crippen LogP contribution in [0.3, 0.4) is 0 Å². The van der Waals surface area contributed by atoms with E-state index >= 15 is 0 Å². The monoisotopic (exact) mass is 388 g/mol. The Labute approximate surface area is 169 Å². The van der Waals surface area contributed by atoms with E-state index in [4.69, 9.17) is 16.3 Å². The molecule has 4 heteroatoms. The number of halogens is 1. The normalized spacial score (nSPS) is 30.7. The predicted octanol–water partition coefficient (Wildman–Crippen LogP) is 4.48. The lowest BCUT2D eigenvalue weighted by Crippen LogP contribution is -2.49. The largest absolute Gasteiger partial charge is 0.488 e. The first kappa shape index (κ1) is 19.3. The first-order valence-corrected chi connectivity index (χ1v) is 11.0. The Morgan fingerprint density at radius 2 is 2.11 bits per heavy atom. The second kappa shape index (κ2) is 7.42. The summed E-state index contributed by atoms with van der Waals surface area (Å²) in [6, 6.07) is 8.87. The van der Waals surface area contributed by atoms with Gasteiger partial charge in [0.2, 0.25) is 0 Å². The van der Waals surface area contributed by atoms with Gasteiger partial charge in [0.25, 0.3) is 0 Å². The highest BCUT2D eigenvalue weighted by Crippen LogP contribution is 2.55. The number of allylic oxidation sites excluding steroid dienone is 1. The van der Waals surface area contributed by atoms with Crippen LogP contribution in [0.4, 0.5) is 0 Å². The molecule has 148 valence electrons. The number of fused-ring (bicyclic) bond motifs is 2. The second-order valence-electron chi connectivity index (χ2n) is 9.48. The van der Waals surface area contributed by atoms with E-state index in [0.717, 1.165) is 50.2 Å². The summed E-state index contributed by atoms with van der Waals surface area (Å²) in [7, 11) is 0. The number of benzene rings is 1. The molecule has 3 atom stereocenters. The van der Waals surface area contributed by atoms with Gasteiger partial charge in [0.15, 0.2) is 0 Å². The van der Waals surface area contributed by atoms with Crippen molar-refractivity contribution in [3.05, 3.63) is 41.5 Å². The molecule has 27 heavy (non-hydrogen) atoms. The fraction of sp³-hybridized carbons (Fsp3) is 0.652. The van der Waals surface area contributed by atoms with Crippen LogP contribution in [0, 0.1) is 11.3 Å². The number of ether oxygens (including phenoxy) is 1. The molecule has 2 saturated heterocycles. The Balaban J connectivity index is 1.69. The first-order chi connectivity index (χ1) is 12.9. The van der Waals surface area contributed by atoms with Crippen LogP contribution in [0.15, 0.2) is 30.3 Å². The minimum absolute atomic E-state index is 0.183. The number of nitrogens with zero attached hydrogens (tertiary/aromatic N) is 1. The lowest BCUT2D eigenvalue weighted by molar-refractivity contribution is 0.0962. The van der Waals surface area contributed by atoms with E-state index in [1.165, 1.54) is 24.1 Å². The van der Waals surface area contributed by atoms with Crippen LogP contribution in [-0.4, -0.2) is 49.1 Å². The van der Waals surface area contributed by atoms with E-state index in [1.54, 1.807) is 0 Å². The highest BCUT2D eigenvalue weighted by molar-refractivity contribution is 6.17. The van der Waals surface area contributed by atoms with Crippen molar-refractivity contribution in [1.29, 1.82) is 0 Å². The molecule has 2 heterocycles. The number of nitrogens with one attached hydrogen (secondary N) is 1. The molecular formula is C23H33ClN2O. The topological polar surface area (TPSA) is 24.5 Å². The van der Waals surface area contributed by atoms with E-state index < -0.39 is 0 Å². The molecular weight excluding hydrogens is 356 g/mol. The molecule has 1 aromatic carbocycles. The average Bonchev–Trinajstić information content (AvgIpc) is 3.18. The number of piperidine rings is 1. The van der Waals surface area contributed by atoms with Gasteiger partial charge in [-0.05, 0) is 64.3 Å². The van der Waals surface area contributed by atoms with Crippen molar-refractivity contribution >= 4 is 17.4 Å². The van der Waals surface area contributed by atoms with Crippen LogP contribution in [0.5, 0.6) is 0 Å². The van der Waals surface area contributed by atoms with Gasteiger partial charge in [-0.25, -0.2) is 0 Å². The van der Waals surface area contributed by atoms with Crippen LogP contribution in [0.25, 0.3) is 5.76 Å². The summed E-state index contributed by atoms with van der Waals surface area (Å²) in [6.07, 6.45) is 4.77. The molecule has 0 saturated carbocycles. The molecule has 0 spiro atoms. The molecule has 1 aliphatic carbocycles. The fourth-order valence-corrected chi connectivity index (χ4v) is 5.53. The van der Waals surface area contributed by atoms with Gasteiger partial charge in [-0.3, -0.25) is 0 Å². The maximum Gasteiger partial charge on any atom is 0.124 e. The number of rotatable bonds is 5. The average molecular weight is 389 g/mol. The molecule has 0 radical (unpaired) electrons. The van der Waals surface area contributed by atoms with Gasteiger partial charge < -0.3 is 15.0 Å². The second-order valence-corrected chi connectivity index (χ2v) is 9.86. The minimum atomic E-state index is -0.183. The summed E-state index contributed by atoms with van der Waals surface area (Å²) >= 11 is 5.98. The van der Waals surface area contributed by atoms with Gasteiger partial charge in [0, 0.05) is 42.4 Å². The molecule has 0 amide bonds. The Morgan fingerprint density at radius 3 is 2.89 bits per heavy atom. The van der Waals surface area contributed by atoms with E-state index in [2.05, 4.69) is 61.3 Å². The van der Waals surface area contributed by atoms with E-state index in [0.29, 0.717) is 5.92 Å². The SMILES string of the molecule is CC(C)(C)OC1=CC(C23CNCCC2CN(CCCCl)C3)c2ccccc21. The Kier molecular flexibility index (Phi) is 5.30. The van der Waals surface area contributed by atoms with Gasteiger partial charge >= 0.3 is 0 Å². The molecule has 0 bridgehead atoms. The van der Waals surface area contributed by atoms with Gasteiger partial charge in [-0.15, -0.1) is 11.6 Å². The highest BCUT2D eigenvalue weighted by Gasteiger charge is 2.53. The van der Waals surface area contributed by atoms with Crippen molar-refractivity contribution < 1.29 is 4.74 Å². The molecule has 1 N–H and O–H groups in total. The highest BCUT2D eigenvalue weighted by atomic mass is 35.5. The van der Waals surface area contributed by atoms with Crippen LogP contribution in [0.2, 0.25) is 0 Å². The summed E-state index contributed by atoms with van der Waals surface area (Å²) < 4.78 is 6.39. The van der Waals surface area contributed by atoms with Crippen molar-refractivity contribution in [2.45, 2.75) is 45.1 Å². The number of likely N-dealkylation sites (tertiary alicyclic amines) is 1. The number of hydrogen-bond donors (Lipinski definition) is 1. The van der Waals surface area contributed by atoms with E-state index in [1.807, 2.05) is 0 Å². The van der Waals surface area contributed by atoms with Crippen LogP contribution >= 0.6 is 11.6 Å². The summed E-state index contributed by atoms with van der Waals surface area (Å²) in [6.45, 7) is 12.1. The molecule has 4 rings (SSSR count). The summed E-state index contributed by atoms with van der Waals surface area (Å²) in [5.41, 5.74) is 2.81. The Bertz CT molecular complexity index is 711. The van der Waals surface area contributed by atoms with Crippen molar-refractivity contribution in [3.63, 3.8) is 0 Å². The Morgan fingerprint density at radius 1 is 1.30 bits per heavy atom. The van der Waals surface area contributed by atoms with Crippen molar-refractivity contribution in [2.75, 3.05) is 38.6 Å². The summed E-state index contributed by atoms with van der Waals surface area (Å²) in [4.78, 5) is 2.65. The van der Waals surface area contributed by atoms with Crippen molar-refractivity contribution in [1.82, 2.24) is 10.2 Å². The van der Waals surface area contributed by atoms with Gasteiger partial charge in [0.05, 0.1) is 0 Å². The van der Waals surface area contributed by atoms with Crippen LogP contribution in [0.1, 0.15) is 50.7 Å². The number of alkyl halides is 1. The standard InChI is InChI=1S/C23H33ClN2O/c1-22(2,3)27-21-13-20(18-7-4-5-8-19(18)21)23-15-25-11-9-17(23)14-26(16-23)12-6-10-24/h4-5,7-8,13,17,20,25H,6,9-12,14-16H2,1-3H3. The van der Waals surface area contributed by atoms with Crippen molar-refractivity contribution in [3.8, 4) is 0 Å². The molecule has 0 aromatic heterocycles. The smallest absolute Gasteiger partial charge is 0.124 e. The maximum atomic E-state index is 6.39. The molecule has 1 aromatic rings. The number of hydrogen-bond acceptors (Lipinski definition) is 3. The van der Waals surface area contributed by atoms with Crippen LogP contribution in [-0.2, 0) is 4.74 Å². The maximum absolute atomic E-state index is 6.39. The van der Waals surface area contributed by atoms with Gasteiger partial charge in [0.1, 0.15) is 11.4 Å². The van der Waals surface area contributed by atoms with Gasteiger partial charge in [-0.2, -0.15) is 0 Å². The first-order valence-electron chi connectivity index (χ1n) is 10.4.